The third kappa shape index (κ3) is 3.14. The second-order valence-electron chi connectivity index (χ2n) is 3.87. The first kappa shape index (κ1) is 11.2. The van der Waals surface area contributed by atoms with E-state index in [1.165, 1.54) is 12.1 Å². The molecule has 3 nitrogen and oxygen atoms in total. The summed E-state index contributed by atoms with van der Waals surface area (Å²) < 4.78 is 2.25. The zero-order valence-electron chi connectivity index (χ0n) is 9.45. The first-order valence-electron chi connectivity index (χ1n) is 5.46. The normalized spacial score (nSPS) is 11.1. The summed E-state index contributed by atoms with van der Waals surface area (Å²) >= 11 is 0. The molecule has 1 N–H and O–H groups in total. The van der Waals surface area contributed by atoms with E-state index >= 15 is 0 Å². The van der Waals surface area contributed by atoms with Gasteiger partial charge in [0, 0.05) is 18.4 Å². The molecule has 0 aliphatic rings. The molecule has 80 valence electrons. The van der Waals surface area contributed by atoms with Crippen LogP contribution in [0, 0.1) is 0 Å². The summed E-state index contributed by atoms with van der Waals surface area (Å²) in [6, 6.07) is 0. The fraction of sp³-hybridized carbons (Fsp3) is 0.727. The number of aromatic nitrogens is 2. The van der Waals surface area contributed by atoms with E-state index in [1.54, 1.807) is 0 Å². The number of aryl methyl sites for hydroxylation is 1. The van der Waals surface area contributed by atoms with E-state index in [1.807, 2.05) is 12.5 Å². The minimum absolute atomic E-state index is 0.566. The molecule has 0 fully saturated rings. The molecule has 0 aliphatic carbocycles. The summed E-state index contributed by atoms with van der Waals surface area (Å²) in [4.78, 5) is 4.18. The van der Waals surface area contributed by atoms with Gasteiger partial charge in [0.15, 0.2) is 0 Å². The van der Waals surface area contributed by atoms with Gasteiger partial charge in [-0.15, -0.1) is 0 Å². The van der Waals surface area contributed by atoms with Gasteiger partial charge in [0.2, 0.25) is 0 Å². The number of rotatable bonds is 6. The van der Waals surface area contributed by atoms with Crippen LogP contribution in [0.5, 0.6) is 0 Å². The fourth-order valence-electron chi connectivity index (χ4n) is 1.55. The van der Waals surface area contributed by atoms with Gasteiger partial charge in [-0.1, -0.05) is 20.8 Å². The van der Waals surface area contributed by atoms with Crippen LogP contribution in [0.2, 0.25) is 0 Å². The molecule has 1 heterocycles. The number of hydrogen-bond donors (Lipinski definition) is 1. The van der Waals surface area contributed by atoms with Crippen molar-refractivity contribution in [2.24, 2.45) is 0 Å². The first-order chi connectivity index (χ1) is 6.75. The zero-order chi connectivity index (χ0) is 10.4. The van der Waals surface area contributed by atoms with Gasteiger partial charge in [0.1, 0.15) is 0 Å². The SMILES string of the molecule is CCNCCCn1cncc1C(C)C. The number of nitrogens with zero attached hydrogens (tertiary/aromatic N) is 2. The lowest BCUT2D eigenvalue weighted by Gasteiger charge is -2.10. The van der Waals surface area contributed by atoms with E-state index in [2.05, 4.69) is 35.6 Å². The summed E-state index contributed by atoms with van der Waals surface area (Å²) in [5, 5.41) is 3.33. The average Bonchev–Trinajstić information content (AvgIpc) is 2.60. The molecule has 0 atom stereocenters. The molecule has 1 rings (SSSR count). The molecule has 0 spiro atoms. The van der Waals surface area contributed by atoms with Gasteiger partial charge in [-0.05, 0) is 25.4 Å². The van der Waals surface area contributed by atoms with Crippen LogP contribution in [0.15, 0.2) is 12.5 Å². The molecule has 0 unspecified atom stereocenters. The van der Waals surface area contributed by atoms with Crippen molar-refractivity contribution < 1.29 is 0 Å². The highest BCUT2D eigenvalue weighted by Gasteiger charge is 2.04. The van der Waals surface area contributed by atoms with E-state index in [9.17, 15) is 0 Å². The molecular formula is C11H21N3. The Morgan fingerprint density at radius 1 is 1.50 bits per heavy atom. The standard InChI is InChI=1S/C11H21N3/c1-4-12-6-5-7-14-9-13-8-11(14)10(2)3/h8-10,12H,4-7H2,1-3H3. The van der Waals surface area contributed by atoms with Crippen molar-refractivity contribution in [3.05, 3.63) is 18.2 Å². The van der Waals surface area contributed by atoms with Crippen LogP contribution in [0.1, 0.15) is 38.8 Å². The third-order valence-corrected chi connectivity index (χ3v) is 2.34. The van der Waals surface area contributed by atoms with E-state index in [0.717, 1.165) is 19.6 Å². The van der Waals surface area contributed by atoms with Crippen LogP contribution in [-0.2, 0) is 6.54 Å². The number of hydrogen-bond acceptors (Lipinski definition) is 2. The molecule has 0 aliphatic heterocycles. The van der Waals surface area contributed by atoms with Crippen LogP contribution in [0.3, 0.4) is 0 Å². The summed E-state index contributed by atoms with van der Waals surface area (Å²) in [5.74, 6) is 0.566. The first-order valence-corrected chi connectivity index (χ1v) is 5.46. The predicted octanol–water partition coefficient (Wildman–Crippen LogP) is 2.01. The zero-order valence-corrected chi connectivity index (χ0v) is 9.45. The molecule has 1 aromatic rings. The molecule has 0 saturated carbocycles. The highest BCUT2D eigenvalue weighted by molar-refractivity contribution is 5.03. The van der Waals surface area contributed by atoms with Gasteiger partial charge >= 0.3 is 0 Å². The summed E-state index contributed by atoms with van der Waals surface area (Å²) in [6.45, 7) is 9.76. The predicted molar refractivity (Wildman–Crippen MR) is 59.5 cm³/mol. The fourth-order valence-corrected chi connectivity index (χ4v) is 1.55. The maximum absolute atomic E-state index is 4.18. The van der Waals surface area contributed by atoms with Crippen LogP contribution in [0.4, 0.5) is 0 Å². The molecule has 0 aromatic carbocycles. The van der Waals surface area contributed by atoms with Gasteiger partial charge in [0.05, 0.1) is 6.33 Å². The van der Waals surface area contributed by atoms with Crippen molar-refractivity contribution in [3.63, 3.8) is 0 Å². The number of nitrogens with one attached hydrogen (secondary N) is 1. The lowest BCUT2D eigenvalue weighted by Crippen LogP contribution is -2.16. The molecule has 0 amide bonds. The second kappa shape index (κ2) is 5.81. The second-order valence-corrected chi connectivity index (χ2v) is 3.87. The van der Waals surface area contributed by atoms with Crippen LogP contribution < -0.4 is 5.32 Å². The minimum Gasteiger partial charge on any atom is -0.334 e. The van der Waals surface area contributed by atoms with E-state index in [4.69, 9.17) is 0 Å². The lowest BCUT2D eigenvalue weighted by molar-refractivity contribution is 0.567. The smallest absolute Gasteiger partial charge is 0.0948 e. The Bertz CT molecular complexity index is 253. The van der Waals surface area contributed by atoms with Gasteiger partial charge in [-0.3, -0.25) is 0 Å². The Morgan fingerprint density at radius 3 is 2.93 bits per heavy atom. The Labute approximate surface area is 86.5 Å². The van der Waals surface area contributed by atoms with Gasteiger partial charge < -0.3 is 9.88 Å². The quantitative estimate of drug-likeness (QED) is 0.704. The lowest BCUT2D eigenvalue weighted by atomic mass is 10.1. The highest BCUT2D eigenvalue weighted by Crippen LogP contribution is 2.13. The van der Waals surface area contributed by atoms with Crippen LogP contribution in [-0.4, -0.2) is 22.6 Å². The van der Waals surface area contributed by atoms with Gasteiger partial charge in [-0.2, -0.15) is 0 Å². The minimum atomic E-state index is 0.566. The Kier molecular flexibility index (Phi) is 4.66. The largest absolute Gasteiger partial charge is 0.334 e. The average molecular weight is 195 g/mol. The Balaban J connectivity index is 2.38. The molecular weight excluding hydrogens is 174 g/mol. The van der Waals surface area contributed by atoms with Gasteiger partial charge in [0.25, 0.3) is 0 Å². The topological polar surface area (TPSA) is 29.9 Å². The molecule has 0 saturated heterocycles. The van der Waals surface area contributed by atoms with E-state index < -0.39 is 0 Å². The van der Waals surface area contributed by atoms with Crippen molar-refractivity contribution in [2.45, 2.75) is 39.7 Å². The van der Waals surface area contributed by atoms with Gasteiger partial charge in [-0.25, -0.2) is 4.98 Å². The van der Waals surface area contributed by atoms with Crippen LogP contribution >= 0.6 is 0 Å². The number of imidazole rings is 1. The molecule has 0 bridgehead atoms. The van der Waals surface area contributed by atoms with Crippen molar-refractivity contribution in [3.8, 4) is 0 Å². The van der Waals surface area contributed by atoms with Crippen LogP contribution in [0.25, 0.3) is 0 Å². The van der Waals surface area contributed by atoms with Crippen molar-refractivity contribution in [1.82, 2.24) is 14.9 Å². The third-order valence-electron chi connectivity index (χ3n) is 2.34. The highest BCUT2D eigenvalue weighted by atomic mass is 15.0. The molecule has 14 heavy (non-hydrogen) atoms. The molecule has 0 radical (unpaired) electrons. The van der Waals surface area contributed by atoms with Crippen molar-refractivity contribution >= 4 is 0 Å². The maximum Gasteiger partial charge on any atom is 0.0948 e. The summed E-state index contributed by atoms with van der Waals surface area (Å²) in [7, 11) is 0. The Morgan fingerprint density at radius 2 is 2.29 bits per heavy atom. The van der Waals surface area contributed by atoms with Crippen molar-refractivity contribution in [2.75, 3.05) is 13.1 Å². The molecule has 3 heteroatoms. The Hall–Kier alpha value is -0.830. The van der Waals surface area contributed by atoms with E-state index in [-0.39, 0.29) is 0 Å². The van der Waals surface area contributed by atoms with E-state index in [0.29, 0.717) is 5.92 Å². The maximum atomic E-state index is 4.18. The summed E-state index contributed by atoms with van der Waals surface area (Å²) in [5.41, 5.74) is 1.33. The summed E-state index contributed by atoms with van der Waals surface area (Å²) in [6.07, 6.45) is 5.07. The monoisotopic (exact) mass is 195 g/mol. The molecule has 1 aromatic heterocycles. The van der Waals surface area contributed by atoms with Crippen molar-refractivity contribution in [1.29, 1.82) is 0 Å².